The third kappa shape index (κ3) is 8.50. The maximum atomic E-state index is 5.91. The molecule has 3 nitrogen and oxygen atoms in total. The third-order valence-electron chi connectivity index (χ3n) is 3.38. The van der Waals surface area contributed by atoms with Crippen LogP contribution in [0.5, 0.6) is 0 Å². The summed E-state index contributed by atoms with van der Waals surface area (Å²) in [5.74, 6) is 1.57. The van der Waals surface area contributed by atoms with Crippen molar-refractivity contribution >= 4 is 10.9 Å². The first kappa shape index (κ1) is 20.2. The first-order valence-electron chi connectivity index (χ1n) is 8.41. The van der Waals surface area contributed by atoms with Crippen molar-refractivity contribution in [3.63, 3.8) is 0 Å². The molecule has 0 aliphatic carbocycles. The molecule has 0 radical (unpaired) electrons. The molecular formula is C16H36O3S. The lowest BCUT2D eigenvalue weighted by Crippen LogP contribution is -2.21. The Balaban J connectivity index is 4.46. The SMILES string of the molecule is CCCCCCC(CC)CS(OCC)(OCC)OCC. The number of unbranched alkanes of at least 4 members (excludes halogenated alkanes) is 3. The second-order valence-electron chi connectivity index (χ2n) is 5.07. The predicted molar refractivity (Wildman–Crippen MR) is 89.9 cm³/mol. The molecule has 0 saturated carbocycles. The van der Waals surface area contributed by atoms with Gasteiger partial charge in [0.25, 0.3) is 0 Å². The van der Waals surface area contributed by atoms with Crippen LogP contribution in [0.25, 0.3) is 0 Å². The van der Waals surface area contributed by atoms with Gasteiger partial charge in [-0.2, -0.15) is 0 Å². The van der Waals surface area contributed by atoms with Crippen LogP contribution in [0, 0.1) is 5.92 Å². The Kier molecular flexibility index (Phi) is 13.1. The molecule has 0 aromatic heterocycles. The Bertz CT molecular complexity index is 195. The van der Waals surface area contributed by atoms with E-state index in [2.05, 4.69) is 13.8 Å². The quantitative estimate of drug-likeness (QED) is 0.388. The van der Waals surface area contributed by atoms with Crippen molar-refractivity contribution < 1.29 is 12.5 Å². The van der Waals surface area contributed by atoms with Crippen LogP contribution >= 0.6 is 10.9 Å². The zero-order valence-corrected chi connectivity index (χ0v) is 15.1. The molecule has 0 fully saturated rings. The summed E-state index contributed by atoms with van der Waals surface area (Å²) in [6.45, 7) is 12.5. The van der Waals surface area contributed by atoms with Crippen LogP contribution in [-0.2, 0) is 12.5 Å². The van der Waals surface area contributed by atoms with E-state index in [1.807, 2.05) is 20.8 Å². The lowest BCUT2D eigenvalue weighted by Gasteiger charge is -2.39. The minimum absolute atomic E-state index is 0.645. The maximum absolute atomic E-state index is 5.91. The van der Waals surface area contributed by atoms with Gasteiger partial charge in [0, 0.05) is 5.75 Å². The van der Waals surface area contributed by atoms with Gasteiger partial charge in [-0.15, -0.1) is 0 Å². The van der Waals surface area contributed by atoms with Gasteiger partial charge in [0.15, 0.2) is 0 Å². The zero-order chi connectivity index (χ0) is 15.3. The first-order valence-corrected chi connectivity index (χ1v) is 9.99. The number of hydrogen-bond donors (Lipinski definition) is 0. The molecule has 1 unspecified atom stereocenters. The third-order valence-corrected chi connectivity index (χ3v) is 6.04. The van der Waals surface area contributed by atoms with Gasteiger partial charge >= 0.3 is 0 Å². The Morgan fingerprint density at radius 1 is 0.750 bits per heavy atom. The van der Waals surface area contributed by atoms with Gasteiger partial charge < -0.3 is 0 Å². The van der Waals surface area contributed by atoms with E-state index in [1.165, 1.54) is 38.5 Å². The van der Waals surface area contributed by atoms with Crippen LogP contribution in [0.3, 0.4) is 0 Å². The van der Waals surface area contributed by atoms with Crippen molar-refractivity contribution in [1.82, 2.24) is 0 Å². The highest BCUT2D eigenvalue weighted by Crippen LogP contribution is 2.53. The van der Waals surface area contributed by atoms with Crippen molar-refractivity contribution in [2.24, 2.45) is 5.92 Å². The van der Waals surface area contributed by atoms with Gasteiger partial charge in [0.05, 0.1) is 30.7 Å². The Morgan fingerprint density at radius 3 is 1.70 bits per heavy atom. The summed E-state index contributed by atoms with van der Waals surface area (Å²) >= 11 is 0. The molecule has 4 heteroatoms. The van der Waals surface area contributed by atoms with E-state index in [9.17, 15) is 0 Å². The topological polar surface area (TPSA) is 27.7 Å². The van der Waals surface area contributed by atoms with E-state index in [4.69, 9.17) is 12.5 Å². The van der Waals surface area contributed by atoms with E-state index in [1.54, 1.807) is 0 Å². The van der Waals surface area contributed by atoms with Gasteiger partial charge in [-0.25, -0.2) is 0 Å². The molecule has 0 aliphatic rings. The molecule has 0 aliphatic heterocycles. The normalized spacial score (nSPS) is 14.4. The van der Waals surface area contributed by atoms with Crippen molar-refractivity contribution in [2.75, 3.05) is 25.6 Å². The van der Waals surface area contributed by atoms with Gasteiger partial charge in [0.1, 0.15) is 0 Å². The van der Waals surface area contributed by atoms with E-state index >= 15 is 0 Å². The predicted octanol–water partition coefficient (Wildman–Crippen LogP) is 5.64. The molecule has 0 amide bonds. The van der Waals surface area contributed by atoms with Gasteiger partial charge in [-0.1, -0.05) is 46.0 Å². The fourth-order valence-electron chi connectivity index (χ4n) is 2.34. The Labute approximate surface area is 128 Å². The lowest BCUT2D eigenvalue weighted by molar-refractivity contribution is 0.181. The van der Waals surface area contributed by atoms with Crippen LogP contribution in [0.1, 0.15) is 73.1 Å². The molecule has 0 spiro atoms. The van der Waals surface area contributed by atoms with E-state index in [0.717, 1.165) is 5.75 Å². The highest BCUT2D eigenvalue weighted by Gasteiger charge is 2.29. The molecule has 20 heavy (non-hydrogen) atoms. The van der Waals surface area contributed by atoms with Crippen molar-refractivity contribution in [1.29, 1.82) is 0 Å². The molecule has 0 aromatic rings. The van der Waals surface area contributed by atoms with E-state index in [0.29, 0.717) is 25.7 Å². The molecule has 124 valence electrons. The summed E-state index contributed by atoms with van der Waals surface area (Å²) in [6.07, 6.45) is 7.73. The molecule has 0 N–H and O–H groups in total. The highest BCUT2D eigenvalue weighted by atomic mass is 32.3. The minimum atomic E-state index is -1.80. The van der Waals surface area contributed by atoms with Gasteiger partial charge in [0.2, 0.25) is 0 Å². The second kappa shape index (κ2) is 12.9. The van der Waals surface area contributed by atoms with E-state index < -0.39 is 10.9 Å². The first-order chi connectivity index (χ1) is 9.67. The van der Waals surface area contributed by atoms with Crippen molar-refractivity contribution in [3.05, 3.63) is 0 Å². The average Bonchev–Trinajstić information content (AvgIpc) is 2.43. The molecule has 0 rings (SSSR count). The van der Waals surface area contributed by atoms with Gasteiger partial charge in [-0.05, 0) is 33.1 Å². The fraction of sp³-hybridized carbons (Fsp3) is 1.00. The molecule has 0 heterocycles. The van der Waals surface area contributed by atoms with E-state index in [-0.39, 0.29) is 0 Å². The number of rotatable bonds is 14. The lowest BCUT2D eigenvalue weighted by atomic mass is 10.0. The zero-order valence-electron chi connectivity index (χ0n) is 14.3. The highest BCUT2D eigenvalue weighted by molar-refractivity contribution is 8.21. The second-order valence-corrected chi connectivity index (χ2v) is 7.22. The summed E-state index contributed by atoms with van der Waals surface area (Å²) in [5.41, 5.74) is 0. The molecule has 0 aromatic carbocycles. The Hall–Kier alpha value is 0.230. The summed E-state index contributed by atoms with van der Waals surface area (Å²) in [4.78, 5) is 0. The van der Waals surface area contributed by atoms with Gasteiger partial charge in [-0.3, -0.25) is 12.5 Å². The molecule has 1 atom stereocenters. The Morgan fingerprint density at radius 2 is 1.30 bits per heavy atom. The monoisotopic (exact) mass is 308 g/mol. The van der Waals surface area contributed by atoms with Crippen LogP contribution in [-0.4, -0.2) is 25.6 Å². The molecule has 0 saturated heterocycles. The summed E-state index contributed by atoms with van der Waals surface area (Å²) in [7, 11) is -1.80. The molecular weight excluding hydrogens is 272 g/mol. The minimum Gasteiger partial charge on any atom is -0.293 e. The van der Waals surface area contributed by atoms with Crippen LogP contribution in [0.4, 0.5) is 0 Å². The average molecular weight is 309 g/mol. The largest absolute Gasteiger partial charge is 0.293 e. The van der Waals surface area contributed by atoms with Crippen molar-refractivity contribution in [3.8, 4) is 0 Å². The summed E-state index contributed by atoms with van der Waals surface area (Å²) in [6, 6.07) is 0. The fourth-order valence-corrected chi connectivity index (χ4v) is 4.89. The summed E-state index contributed by atoms with van der Waals surface area (Å²) in [5, 5.41) is 0. The summed E-state index contributed by atoms with van der Waals surface area (Å²) < 4.78 is 17.7. The standard InChI is InChI=1S/C16H36O3S/c1-6-11-12-13-14-16(7-2)15-20(17-8-3,18-9-4)19-10-5/h16H,6-15H2,1-5H3. The van der Waals surface area contributed by atoms with Crippen molar-refractivity contribution in [2.45, 2.75) is 73.1 Å². The van der Waals surface area contributed by atoms with Crippen LogP contribution < -0.4 is 0 Å². The van der Waals surface area contributed by atoms with Crippen LogP contribution in [0.15, 0.2) is 0 Å². The smallest absolute Gasteiger partial charge is 0.0890 e. The number of hydrogen-bond acceptors (Lipinski definition) is 3. The molecule has 0 bridgehead atoms. The maximum Gasteiger partial charge on any atom is 0.0890 e. The van der Waals surface area contributed by atoms with Crippen LogP contribution in [0.2, 0.25) is 0 Å².